The van der Waals surface area contributed by atoms with Gasteiger partial charge in [0.15, 0.2) is 5.78 Å². The molecule has 36 heavy (non-hydrogen) atoms. The Balaban J connectivity index is 1.87. The highest BCUT2D eigenvalue weighted by molar-refractivity contribution is 7.71. The fraction of sp³-hybridized carbons (Fsp3) is 0. The molecule has 0 aliphatic carbocycles. The van der Waals surface area contributed by atoms with Gasteiger partial charge in [0.05, 0.1) is 11.3 Å². The molecule has 0 amide bonds. The second kappa shape index (κ2) is 10.4. The summed E-state index contributed by atoms with van der Waals surface area (Å²) in [5.74, 6) is -0.180. The van der Waals surface area contributed by atoms with Crippen molar-refractivity contribution in [2.24, 2.45) is 0 Å². The van der Waals surface area contributed by atoms with Crippen LogP contribution in [0.25, 0.3) is 28.1 Å². The maximum absolute atomic E-state index is 13.9. The third-order valence-electron chi connectivity index (χ3n) is 5.85. The molecule has 1 heterocycles. The highest BCUT2D eigenvalue weighted by Gasteiger charge is 2.22. The van der Waals surface area contributed by atoms with Gasteiger partial charge >= 0.3 is 0 Å². The number of hydrogen-bond donors (Lipinski definition) is 0. The van der Waals surface area contributed by atoms with Gasteiger partial charge in [-0.05, 0) is 83.4 Å². The Hall–Kier alpha value is -3.21. The quantitative estimate of drug-likeness (QED) is 0.162. The zero-order chi connectivity index (χ0) is 25.2. The molecular formula is C30H18Cl3NOS. The average Bonchev–Trinajstić information content (AvgIpc) is 2.90. The number of ketones is 1. The van der Waals surface area contributed by atoms with Crippen LogP contribution in [0.4, 0.5) is 0 Å². The van der Waals surface area contributed by atoms with Gasteiger partial charge in [-0.2, -0.15) is 0 Å². The molecule has 1 aromatic heterocycles. The van der Waals surface area contributed by atoms with E-state index in [9.17, 15) is 4.79 Å². The highest BCUT2D eigenvalue weighted by atomic mass is 35.5. The summed E-state index contributed by atoms with van der Waals surface area (Å²) in [7, 11) is 0. The Morgan fingerprint density at radius 1 is 0.639 bits per heavy atom. The Bertz CT molecular complexity index is 1610. The first-order chi connectivity index (χ1) is 17.4. The molecule has 0 atom stereocenters. The van der Waals surface area contributed by atoms with Crippen LogP contribution in [0.15, 0.2) is 109 Å². The van der Waals surface area contributed by atoms with Crippen molar-refractivity contribution in [3.05, 3.63) is 140 Å². The van der Waals surface area contributed by atoms with E-state index in [0.717, 1.165) is 28.1 Å². The largest absolute Gasteiger partial charge is 0.300 e. The topological polar surface area (TPSA) is 22.0 Å². The molecule has 0 saturated heterocycles. The lowest BCUT2D eigenvalue weighted by Gasteiger charge is -2.20. The molecule has 0 spiro atoms. The Labute approximate surface area is 229 Å². The predicted octanol–water partition coefficient (Wildman–Crippen LogP) is 9.73. The van der Waals surface area contributed by atoms with E-state index in [1.165, 1.54) is 0 Å². The van der Waals surface area contributed by atoms with Crippen LogP contribution in [0.2, 0.25) is 15.1 Å². The maximum atomic E-state index is 13.9. The number of halogens is 3. The SMILES string of the molecule is O=C(c1ccc(Cl)cc1)c1c(-c2ccccc2)cc(-c2ccc(Cl)cc2)n(-c2ccc(Cl)cc2)c1=S. The Morgan fingerprint density at radius 2 is 1.17 bits per heavy atom. The van der Waals surface area contributed by atoms with Gasteiger partial charge in [-0.1, -0.05) is 89.5 Å². The van der Waals surface area contributed by atoms with Gasteiger partial charge in [0.25, 0.3) is 0 Å². The molecule has 0 saturated carbocycles. The minimum Gasteiger partial charge on any atom is -0.300 e. The first-order valence-electron chi connectivity index (χ1n) is 11.1. The van der Waals surface area contributed by atoms with Crippen LogP contribution in [0, 0.1) is 4.64 Å². The lowest BCUT2D eigenvalue weighted by atomic mass is 9.93. The van der Waals surface area contributed by atoms with Gasteiger partial charge in [0.1, 0.15) is 4.64 Å². The molecule has 0 radical (unpaired) electrons. The minimum atomic E-state index is -0.180. The third kappa shape index (κ3) is 4.88. The van der Waals surface area contributed by atoms with E-state index < -0.39 is 0 Å². The molecule has 0 bridgehead atoms. The molecule has 4 aromatic carbocycles. The average molecular weight is 547 g/mol. The van der Waals surface area contributed by atoms with Gasteiger partial charge in [0, 0.05) is 26.3 Å². The molecule has 2 nitrogen and oxygen atoms in total. The lowest BCUT2D eigenvalue weighted by Crippen LogP contribution is -2.12. The predicted molar refractivity (Wildman–Crippen MR) is 152 cm³/mol. The summed E-state index contributed by atoms with van der Waals surface area (Å²) in [5, 5.41) is 1.80. The molecule has 0 unspecified atom stereocenters. The van der Waals surface area contributed by atoms with E-state index >= 15 is 0 Å². The Morgan fingerprint density at radius 3 is 1.75 bits per heavy atom. The summed E-state index contributed by atoms with van der Waals surface area (Å²) < 4.78 is 2.30. The van der Waals surface area contributed by atoms with E-state index in [-0.39, 0.29) is 5.78 Å². The van der Waals surface area contributed by atoms with Crippen LogP contribution in [0.3, 0.4) is 0 Å². The number of pyridine rings is 1. The molecule has 5 rings (SSSR count). The van der Waals surface area contributed by atoms with Gasteiger partial charge in [-0.15, -0.1) is 0 Å². The number of benzene rings is 4. The second-order valence-electron chi connectivity index (χ2n) is 8.14. The van der Waals surface area contributed by atoms with Crippen LogP contribution in [-0.2, 0) is 0 Å². The van der Waals surface area contributed by atoms with Crippen LogP contribution in [0.5, 0.6) is 0 Å². The molecule has 6 heteroatoms. The molecular weight excluding hydrogens is 529 g/mol. The number of carbonyl (C=O) groups excluding carboxylic acids is 1. The molecule has 0 fully saturated rings. The highest BCUT2D eigenvalue weighted by Crippen LogP contribution is 2.35. The maximum Gasteiger partial charge on any atom is 0.196 e. The van der Waals surface area contributed by atoms with Crippen molar-refractivity contribution < 1.29 is 4.79 Å². The van der Waals surface area contributed by atoms with Crippen LogP contribution < -0.4 is 0 Å². The van der Waals surface area contributed by atoms with Crippen LogP contribution >= 0.6 is 47.0 Å². The lowest BCUT2D eigenvalue weighted by molar-refractivity contribution is 0.103. The van der Waals surface area contributed by atoms with Gasteiger partial charge in [-0.3, -0.25) is 4.79 Å². The van der Waals surface area contributed by atoms with Crippen molar-refractivity contribution in [2.45, 2.75) is 0 Å². The zero-order valence-electron chi connectivity index (χ0n) is 18.8. The van der Waals surface area contributed by atoms with Gasteiger partial charge in [-0.25, -0.2) is 0 Å². The van der Waals surface area contributed by atoms with E-state index in [4.69, 9.17) is 47.0 Å². The summed E-state index contributed by atoms with van der Waals surface area (Å²) >= 11 is 24.5. The summed E-state index contributed by atoms with van der Waals surface area (Å²) in [6.07, 6.45) is 0. The van der Waals surface area contributed by atoms with Crippen molar-refractivity contribution in [2.75, 3.05) is 0 Å². The van der Waals surface area contributed by atoms with Crippen molar-refractivity contribution in [1.82, 2.24) is 4.57 Å². The van der Waals surface area contributed by atoms with Crippen LogP contribution in [0.1, 0.15) is 15.9 Å². The number of hydrogen-bond acceptors (Lipinski definition) is 2. The van der Waals surface area contributed by atoms with Crippen LogP contribution in [-0.4, -0.2) is 10.4 Å². The zero-order valence-corrected chi connectivity index (χ0v) is 21.9. The molecule has 0 aliphatic heterocycles. The number of nitrogens with zero attached hydrogens (tertiary/aromatic N) is 1. The number of rotatable bonds is 5. The fourth-order valence-corrected chi connectivity index (χ4v) is 4.88. The van der Waals surface area contributed by atoms with E-state index in [1.807, 2.05) is 77.4 Å². The summed E-state index contributed by atoms with van der Waals surface area (Å²) in [4.78, 5) is 13.9. The molecule has 0 aliphatic rings. The molecule has 0 N–H and O–H groups in total. The third-order valence-corrected chi connectivity index (χ3v) is 6.99. The van der Waals surface area contributed by atoms with E-state index in [0.29, 0.717) is 30.8 Å². The minimum absolute atomic E-state index is 0.180. The van der Waals surface area contributed by atoms with Gasteiger partial charge in [0.2, 0.25) is 0 Å². The standard InChI is InChI=1S/C30H18Cl3NOS/c31-22-10-6-20(7-11-22)27-18-26(19-4-2-1-3-5-19)28(29(35)21-8-12-23(32)13-9-21)30(36)34(27)25-16-14-24(33)15-17-25/h1-18H. The summed E-state index contributed by atoms with van der Waals surface area (Å²) in [5.41, 5.74) is 5.10. The van der Waals surface area contributed by atoms with Crippen molar-refractivity contribution in [3.8, 4) is 28.1 Å². The fourth-order valence-electron chi connectivity index (χ4n) is 4.10. The van der Waals surface area contributed by atoms with Crippen molar-refractivity contribution in [1.29, 1.82) is 0 Å². The smallest absolute Gasteiger partial charge is 0.196 e. The molecule has 5 aromatic rings. The van der Waals surface area contributed by atoms with Crippen molar-refractivity contribution in [3.63, 3.8) is 0 Å². The summed E-state index contributed by atoms with van der Waals surface area (Å²) in [6, 6.07) is 33.5. The number of aromatic nitrogens is 1. The first kappa shape index (κ1) is 24.5. The summed E-state index contributed by atoms with van der Waals surface area (Å²) in [6.45, 7) is 0. The monoisotopic (exact) mass is 545 g/mol. The van der Waals surface area contributed by atoms with E-state index in [1.54, 1.807) is 36.4 Å². The van der Waals surface area contributed by atoms with Crippen molar-refractivity contribution >= 4 is 52.8 Å². The van der Waals surface area contributed by atoms with E-state index in [2.05, 4.69) is 0 Å². The number of carbonyl (C=O) groups is 1. The first-order valence-corrected chi connectivity index (χ1v) is 12.6. The Kier molecular flexibility index (Phi) is 7.08. The van der Waals surface area contributed by atoms with Gasteiger partial charge < -0.3 is 4.57 Å². The normalized spacial score (nSPS) is 10.9. The second-order valence-corrected chi connectivity index (χ2v) is 9.84. The molecule has 176 valence electrons.